The Morgan fingerprint density at radius 1 is 1.75 bits per heavy atom. The zero-order valence-electron chi connectivity index (χ0n) is 7.33. The lowest BCUT2D eigenvalue weighted by Gasteiger charge is -2.19. The summed E-state index contributed by atoms with van der Waals surface area (Å²) < 4.78 is 4.80. The third kappa shape index (κ3) is 1.56. The van der Waals surface area contributed by atoms with Crippen LogP contribution < -0.4 is 5.73 Å². The van der Waals surface area contributed by atoms with E-state index in [9.17, 15) is 4.79 Å². The molecule has 0 aliphatic heterocycles. The first-order chi connectivity index (χ1) is 5.58. The van der Waals surface area contributed by atoms with Gasteiger partial charge in [-0.2, -0.15) is 0 Å². The first-order valence-electron chi connectivity index (χ1n) is 3.94. The van der Waals surface area contributed by atoms with E-state index in [4.69, 9.17) is 10.2 Å². The lowest BCUT2D eigenvalue weighted by Crippen LogP contribution is -2.43. The van der Waals surface area contributed by atoms with Crippen LogP contribution >= 0.6 is 0 Å². The van der Waals surface area contributed by atoms with Gasteiger partial charge in [0.2, 0.25) is 0 Å². The van der Waals surface area contributed by atoms with Crippen molar-refractivity contribution in [2.24, 2.45) is 5.73 Å². The molecule has 1 unspecified atom stereocenters. The number of rotatable bonds is 3. The minimum Gasteiger partial charge on any atom is -0.472 e. The molecular formula is C9H13NO2. The average Bonchev–Trinajstić information content (AvgIpc) is 2.55. The van der Waals surface area contributed by atoms with Crippen molar-refractivity contribution in [3.8, 4) is 0 Å². The van der Waals surface area contributed by atoms with E-state index in [0.29, 0.717) is 12.0 Å². The first kappa shape index (κ1) is 9.00. The Kier molecular flexibility index (Phi) is 2.33. The molecule has 1 rings (SSSR count). The van der Waals surface area contributed by atoms with Gasteiger partial charge in [-0.15, -0.1) is 0 Å². The second-order valence-corrected chi connectivity index (χ2v) is 3.11. The molecule has 0 aliphatic carbocycles. The summed E-state index contributed by atoms with van der Waals surface area (Å²) in [6, 6.07) is 1.63. The van der Waals surface area contributed by atoms with Gasteiger partial charge in [-0.25, -0.2) is 0 Å². The molecule has 66 valence electrons. The molecular weight excluding hydrogens is 154 g/mol. The molecule has 1 aromatic rings. The first-order valence-corrected chi connectivity index (χ1v) is 3.94. The van der Waals surface area contributed by atoms with Gasteiger partial charge in [0.25, 0.3) is 0 Å². The van der Waals surface area contributed by atoms with Gasteiger partial charge in [-0.1, -0.05) is 6.92 Å². The Hall–Kier alpha value is -1.09. The molecule has 0 aliphatic rings. The highest BCUT2D eigenvalue weighted by molar-refractivity contribution is 6.02. The van der Waals surface area contributed by atoms with E-state index in [2.05, 4.69) is 0 Å². The van der Waals surface area contributed by atoms with Crippen molar-refractivity contribution < 1.29 is 9.21 Å². The van der Waals surface area contributed by atoms with Crippen LogP contribution in [0.15, 0.2) is 23.0 Å². The van der Waals surface area contributed by atoms with Gasteiger partial charge < -0.3 is 10.2 Å². The normalized spacial score (nSPS) is 15.6. The second kappa shape index (κ2) is 3.11. The van der Waals surface area contributed by atoms with Crippen molar-refractivity contribution in [2.45, 2.75) is 25.8 Å². The smallest absolute Gasteiger partial charge is 0.185 e. The van der Waals surface area contributed by atoms with Gasteiger partial charge in [-0.3, -0.25) is 4.79 Å². The van der Waals surface area contributed by atoms with Crippen LogP contribution in [-0.2, 0) is 0 Å². The fraction of sp³-hybridized carbons (Fsp3) is 0.444. The minimum absolute atomic E-state index is 0.0706. The van der Waals surface area contributed by atoms with Crippen LogP contribution in [-0.4, -0.2) is 11.3 Å². The Labute approximate surface area is 71.6 Å². The van der Waals surface area contributed by atoms with Crippen molar-refractivity contribution in [2.75, 3.05) is 0 Å². The van der Waals surface area contributed by atoms with Crippen LogP contribution in [0.3, 0.4) is 0 Å². The number of furan rings is 1. The van der Waals surface area contributed by atoms with Crippen LogP contribution in [0.5, 0.6) is 0 Å². The van der Waals surface area contributed by atoms with E-state index in [1.807, 2.05) is 6.92 Å². The van der Waals surface area contributed by atoms with E-state index < -0.39 is 5.54 Å². The quantitative estimate of drug-likeness (QED) is 0.695. The molecule has 0 amide bonds. The molecule has 0 saturated carbocycles. The summed E-state index contributed by atoms with van der Waals surface area (Å²) in [6.07, 6.45) is 3.51. The Morgan fingerprint density at radius 2 is 2.42 bits per heavy atom. The van der Waals surface area contributed by atoms with E-state index in [-0.39, 0.29) is 5.78 Å². The summed E-state index contributed by atoms with van der Waals surface area (Å²) in [5, 5.41) is 0. The molecule has 0 radical (unpaired) electrons. The molecule has 1 atom stereocenters. The molecule has 1 heterocycles. The third-order valence-corrected chi connectivity index (χ3v) is 2.04. The van der Waals surface area contributed by atoms with E-state index in [0.717, 1.165) is 0 Å². The van der Waals surface area contributed by atoms with Gasteiger partial charge in [0, 0.05) is 0 Å². The number of Topliss-reactive ketones (excluding diaryl/α,β-unsaturated/α-hetero) is 1. The molecule has 2 N–H and O–H groups in total. The Bertz CT molecular complexity index is 262. The number of ketones is 1. The van der Waals surface area contributed by atoms with Crippen LogP contribution in [0.1, 0.15) is 30.6 Å². The van der Waals surface area contributed by atoms with Gasteiger partial charge in [0.1, 0.15) is 6.26 Å². The predicted molar refractivity (Wildman–Crippen MR) is 45.9 cm³/mol. The maximum Gasteiger partial charge on any atom is 0.185 e. The summed E-state index contributed by atoms with van der Waals surface area (Å²) in [4.78, 5) is 11.6. The van der Waals surface area contributed by atoms with E-state index in [1.165, 1.54) is 12.5 Å². The zero-order valence-corrected chi connectivity index (χ0v) is 7.33. The van der Waals surface area contributed by atoms with Crippen molar-refractivity contribution in [1.82, 2.24) is 0 Å². The number of hydrogen-bond acceptors (Lipinski definition) is 3. The lowest BCUT2D eigenvalue weighted by molar-refractivity contribution is 0.0897. The molecule has 0 saturated heterocycles. The number of carbonyl (C=O) groups excluding carboxylic acids is 1. The highest BCUT2D eigenvalue weighted by atomic mass is 16.3. The lowest BCUT2D eigenvalue weighted by atomic mass is 9.91. The fourth-order valence-electron chi connectivity index (χ4n) is 0.884. The SMILES string of the molecule is CCC(C)(N)C(=O)c1ccoc1. The molecule has 3 nitrogen and oxygen atoms in total. The Morgan fingerprint density at radius 3 is 2.83 bits per heavy atom. The number of nitrogens with two attached hydrogens (primary N) is 1. The summed E-state index contributed by atoms with van der Waals surface area (Å²) in [6.45, 7) is 3.61. The Balaban J connectivity index is 2.86. The predicted octanol–water partition coefficient (Wildman–Crippen LogP) is 1.59. The summed E-state index contributed by atoms with van der Waals surface area (Å²) in [7, 11) is 0. The fourth-order valence-corrected chi connectivity index (χ4v) is 0.884. The highest BCUT2D eigenvalue weighted by Crippen LogP contribution is 2.14. The molecule has 12 heavy (non-hydrogen) atoms. The maximum absolute atomic E-state index is 11.6. The molecule has 0 spiro atoms. The van der Waals surface area contributed by atoms with Gasteiger partial charge in [0.05, 0.1) is 17.4 Å². The maximum atomic E-state index is 11.6. The standard InChI is InChI=1S/C9H13NO2/c1-3-9(2,10)8(11)7-4-5-12-6-7/h4-6H,3,10H2,1-2H3. The largest absolute Gasteiger partial charge is 0.472 e. The van der Waals surface area contributed by atoms with Crippen LogP contribution in [0, 0.1) is 0 Å². The molecule has 0 bridgehead atoms. The average molecular weight is 167 g/mol. The molecule has 0 fully saturated rings. The monoisotopic (exact) mass is 167 g/mol. The van der Waals surface area contributed by atoms with E-state index in [1.54, 1.807) is 13.0 Å². The third-order valence-electron chi connectivity index (χ3n) is 2.04. The molecule has 1 aromatic heterocycles. The van der Waals surface area contributed by atoms with E-state index >= 15 is 0 Å². The van der Waals surface area contributed by atoms with Crippen LogP contribution in [0.2, 0.25) is 0 Å². The topological polar surface area (TPSA) is 56.2 Å². The van der Waals surface area contributed by atoms with Gasteiger partial charge in [-0.05, 0) is 19.4 Å². The second-order valence-electron chi connectivity index (χ2n) is 3.11. The number of hydrogen-bond donors (Lipinski definition) is 1. The van der Waals surface area contributed by atoms with Crippen LogP contribution in [0.4, 0.5) is 0 Å². The van der Waals surface area contributed by atoms with Crippen LogP contribution in [0.25, 0.3) is 0 Å². The van der Waals surface area contributed by atoms with Crippen molar-refractivity contribution in [3.63, 3.8) is 0 Å². The minimum atomic E-state index is -0.774. The number of carbonyl (C=O) groups is 1. The summed E-state index contributed by atoms with van der Waals surface area (Å²) in [5.74, 6) is -0.0706. The van der Waals surface area contributed by atoms with Crippen molar-refractivity contribution in [3.05, 3.63) is 24.2 Å². The molecule has 3 heteroatoms. The highest BCUT2D eigenvalue weighted by Gasteiger charge is 2.27. The van der Waals surface area contributed by atoms with Gasteiger partial charge in [0.15, 0.2) is 5.78 Å². The summed E-state index contributed by atoms with van der Waals surface area (Å²) >= 11 is 0. The zero-order chi connectivity index (χ0) is 9.19. The van der Waals surface area contributed by atoms with Crippen molar-refractivity contribution >= 4 is 5.78 Å². The summed E-state index contributed by atoms with van der Waals surface area (Å²) in [5.41, 5.74) is 5.53. The van der Waals surface area contributed by atoms with Crippen molar-refractivity contribution in [1.29, 1.82) is 0 Å². The van der Waals surface area contributed by atoms with Gasteiger partial charge >= 0.3 is 0 Å². The molecule has 0 aromatic carbocycles.